The quantitative estimate of drug-likeness (QED) is 0.758. The van der Waals surface area contributed by atoms with E-state index in [2.05, 4.69) is 24.2 Å². The van der Waals surface area contributed by atoms with Gasteiger partial charge in [-0.05, 0) is 46.2 Å². The monoisotopic (exact) mass is 242 g/mol. The summed E-state index contributed by atoms with van der Waals surface area (Å²) in [7, 11) is 2.16. The minimum atomic E-state index is -0.0854. The predicted octanol–water partition coefficient (Wildman–Crippen LogP) is 0.600. The van der Waals surface area contributed by atoms with Crippen LogP contribution < -0.4 is 5.32 Å². The van der Waals surface area contributed by atoms with Crippen LogP contribution in [0.1, 0.15) is 32.6 Å². The van der Waals surface area contributed by atoms with Gasteiger partial charge in [0.05, 0.1) is 12.7 Å². The summed E-state index contributed by atoms with van der Waals surface area (Å²) < 4.78 is 5.63. The van der Waals surface area contributed by atoms with Crippen LogP contribution in [-0.4, -0.2) is 61.0 Å². The SMILES string of the molecule is CC1CC(CO)(NCC2CCCO2)CCN1C. The summed E-state index contributed by atoms with van der Waals surface area (Å²) in [5.74, 6) is 0. The fourth-order valence-electron chi connectivity index (χ4n) is 2.93. The second-order valence-corrected chi connectivity index (χ2v) is 5.74. The Kier molecular flexibility index (Phi) is 4.42. The molecule has 2 N–H and O–H groups in total. The summed E-state index contributed by atoms with van der Waals surface area (Å²) in [4.78, 5) is 2.36. The molecule has 2 saturated heterocycles. The van der Waals surface area contributed by atoms with Crippen LogP contribution in [0.2, 0.25) is 0 Å². The number of hydrogen-bond donors (Lipinski definition) is 2. The molecule has 0 spiro atoms. The third-order valence-corrected chi connectivity index (χ3v) is 4.41. The maximum absolute atomic E-state index is 9.70. The molecule has 3 unspecified atom stereocenters. The molecular weight excluding hydrogens is 216 g/mol. The Morgan fingerprint density at radius 3 is 2.94 bits per heavy atom. The molecule has 0 aliphatic carbocycles. The predicted molar refractivity (Wildman–Crippen MR) is 68.1 cm³/mol. The number of rotatable bonds is 4. The first kappa shape index (κ1) is 13.3. The van der Waals surface area contributed by atoms with E-state index in [1.807, 2.05) is 0 Å². The van der Waals surface area contributed by atoms with Crippen molar-refractivity contribution in [3.63, 3.8) is 0 Å². The lowest BCUT2D eigenvalue weighted by atomic mass is 9.84. The summed E-state index contributed by atoms with van der Waals surface area (Å²) >= 11 is 0. The highest BCUT2D eigenvalue weighted by molar-refractivity contribution is 4.96. The zero-order valence-electron chi connectivity index (χ0n) is 11.1. The number of nitrogens with one attached hydrogen (secondary N) is 1. The van der Waals surface area contributed by atoms with Gasteiger partial charge >= 0.3 is 0 Å². The molecule has 4 heteroatoms. The first-order valence-corrected chi connectivity index (χ1v) is 6.83. The highest BCUT2D eigenvalue weighted by atomic mass is 16.5. The molecule has 2 aliphatic rings. The van der Waals surface area contributed by atoms with Gasteiger partial charge in [0, 0.05) is 24.7 Å². The van der Waals surface area contributed by atoms with E-state index < -0.39 is 0 Å². The molecule has 0 saturated carbocycles. The summed E-state index contributed by atoms with van der Waals surface area (Å²) in [6, 6.07) is 0.535. The van der Waals surface area contributed by atoms with Crippen LogP contribution >= 0.6 is 0 Å². The van der Waals surface area contributed by atoms with Crippen molar-refractivity contribution in [2.24, 2.45) is 0 Å². The van der Waals surface area contributed by atoms with Crippen LogP contribution in [0.4, 0.5) is 0 Å². The maximum atomic E-state index is 9.70. The van der Waals surface area contributed by atoms with E-state index in [4.69, 9.17) is 4.74 Å². The minimum Gasteiger partial charge on any atom is -0.394 e. The van der Waals surface area contributed by atoms with E-state index in [1.54, 1.807) is 0 Å². The summed E-state index contributed by atoms with van der Waals surface area (Å²) in [5, 5.41) is 13.3. The molecule has 0 aromatic carbocycles. The van der Waals surface area contributed by atoms with Crippen molar-refractivity contribution in [2.45, 2.75) is 50.3 Å². The molecule has 100 valence electrons. The van der Waals surface area contributed by atoms with Crippen LogP contribution in [0.15, 0.2) is 0 Å². The van der Waals surface area contributed by atoms with E-state index in [9.17, 15) is 5.11 Å². The minimum absolute atomic E-state index is 0.0854. The third-order valence-electron chi connectivity index (χ3n) is 4.41. The average molecular weight is 242 g/mol. The lowest BCUT2D eigenvalue weighted by Crippen LogP contribution is -2.59. The maximum Gasteiger partial charge on any atom is 0.0700 e. The van der Waals surface area contributed by atoms with Gasteiger partial charge in [-0.1, -0.05) is 0 Å². The largest absolute Gasteiger partial charge is 0.394 e. The first-order chi connectivity index (χ1) is 8.15. The number of hydrogen-bond acceptors (Lipinski definition) is 4. The molecule has 0 radical (unpaired) electrons. The third kappa shape index (κ3) is 3.19. The van der Waals surface area contributed by atoms with Crippen LogP contribution in [0.5, 0.6) is 0 Å². The van der Waals surface area contributed by atoms with Crippen LogP contribution in [0.25, 0.3) is 0 Å². The number of likely N-dealkylation sites (tertiary alicyclic amines) is 1. The smallest absolute Gasteiger partial charge is 0.0700 e. The van der Waals surface area contributed by atoms with E-state index in [-0.39, 0.29) is 12.1 Å². The van der Waals surface area contributed by atoms with E-state index in [0.717, 1.165) is 39.0 Å². The Balaban J connectivity index is 1.85. The molecule has 0 bridgehead atoms. The Morgan fingerprint density at radius 1 is 1.53 bits per heavy atom. The fraction of sp³-hybridized carbons (Fsp3) is 1.00. The number of nitrogens with zero attached hydrogens (tertiary/aromatic N) is 1. The molecular formula is C13H26N2O2. The molecule has 0 aromatic rings. The topological polar surface area (TPSA) is 44.7 Å². The van der Waals surface area contributed by atoms with Gasteiger partial charge in [0.1, 0.15) is 0 Å². The summed E-state index contributed by atoms with van der Waals surface area (Å²) in [6.45, 7) is 5.31. The fourth-order valence-corrected chi connectivity index (χ4v) is 2.93. The van der Waals surface area contributed by atoms with Gasteiger partial charge in [0.25, 0.3) is 0 Å². The Labute approximate surface area is 104 Å². The Hall–Kier alpha value is -0.160. The van der Waals surface area contributed by atoms with Gasteiger partial charge in [0.2, 0.25) is 0 Å². The van der Waals surface area contributed by atoms with Crippen molar-refractivity contribution in [1.82, 2.24) is 10.2 Å². The van der Waals surface area contributed by atoms with Gasteiger partial charge in [-0.25, -0.2) is 0 Å². The van der Waals surface area contributed by atoms with Crippen LogP contribution in [0.3, 0.4) is 0 Å². The zero-order chi connectivity index (χ0) is 12.3. The molecule has 0 amide bonds. The second-order valence-electron chi connectivity index (χ2n) is 5.74. The van der Waals surface area contributed by atoms with E-state index in [0.29, 0.717) is 12.1 Å². The average Bonchev–Trinajstić information content (AvgIpc) is 2.84. The van der Waals surface area contributed by atoms with Crippen molar-refractivity contribution in [3.05, 3.63) is 0 Å². The van der Waals surface area contributed by atoms with Crippen LogP contribution in [-0.2, 0) is 4.74 Å². The molecule has 2 fully saturated rings. The molecule has 17 heavy (non-hydrogen) atoms. The molecule has 2 heterocycles. The molecule has 2 rings (SSSR count). The zero-order valence-corrected chi connectivity index (χ0v) is 11.1. The van der Waals surface area contributed by atoms with Crippen molar-refractivity contribution < 1.29 is 9.84 Å². The molecule has 0 aromatic heterocycles. The first-order valence-electron chi connectivity index (χ1n) is 6.83. The van der Waals surface area contributed by atoms with Crippen molar-refractivity contribution in [3.8, 4) is 0 Å². The lowest BCUT2D eigenvalue weighted by molar-refractivity contribution is 0.0413. The standard InChI is InChI=1S/C13H26N2O2/c1-11-8-13(10-16,5-6-15(11)2)14-9-12-4-3-7-17-12/h11-12,14,16H,3-10H2,1-2H3. The van der Waals surface area contributed by atoms with Gasteiger partial charge in [-0.15, -0.1) is 0 Å². The van der Waals surface area contributed by atoms with Gasteiger partial charge in [-0.3, -0.25) is 0 Å². The Morgan fingerprint density at radius 2 is 2.35 bits per heavy atom. The van der Waals surface area contributed by atoms with Crippen molar-refractivity contribution in [2.75, 3.05) is 33.4 Å². The van der Waals surface area contributed by atoms with Gasteiger partial charge in [-0.2, -0.15) is 0 Å². The van der Waals surface area contributed by atoms with Gasteiger partial charge < -0.3 is 20.1 Å². The molecule has 3 atom stereocenters. The Bertz CT molecular complexity index is 244. The highest BCUT2D eigenvalue weighted by Gasteiger charge is 2.36. The summed E-state index contributed by atoms with van der Waals surface area (Å²) in [6.07, 6.45) is 4.74. The van der Waals surface area contributed by atoms with Crippen LogP contribution in [0, 0.1) is 0 Å². The number of ether oxygens (including phenoxy) is 1. The molecule has 4 nitrogen and oxygen atoms in total. The normalized spacial score (nSPS) is 39.7. The van der Waals surface area contributed by atoms with Crippen molar-refractivity contribution in [1.29, 1.82) is 0 Å². The number of aliphatic hydroxyl groups excluding tert-OH is 1. The number of aliphatic hydroxyl groups is 1. The summed E-state index contributed by atoms with van der Waals surface area (Å²) in [5.41, 5.74) is -0.0854. The number of piperidine rings is 1. The van der Waals surface area contributed by atoms with E-state index in [1.165, 1.54) is 6.42 Å². The van der Waals surface area contributed by atoms with E-state index >= 15 is 0 Å². The second kappa shape index (κ2) is 5.65. The lowest BCUT2D eigenvalue weighted by Gasteiger charge is -2.44. The van der Waals surface area contributed by atoms with Gasteiger partial charge in [0.15, 0.2) is 0 Å². The van der Waals surface area contributed by atoms with Crippen molar-refractivity contribution >= 4 is 0 Å². The molecule has 2 aliphatic heterocycles. The highest BCUT2D eigenvalue weighted by Crippen LogP contribution is 2.26.